The molecule has 2 rings (SSSR count). The summed E-state index contributed by atoms with van der Waals surface area (Å²) in [4.78, 5) is 8.71. The van der Waals surface area contributed by atoms with E-state index in [0.29, 0.717) is 11.6 Å². The Morgan fingerprint density at radius 1 is 1.26 bits per heavy atom. The van der Waals surface area contributed by atoms with Crippen LogP contribution < -0.4 is 11.1 Å². The summed E-state index contributed by atoms with van der Waals surface area (Å²) in [5.41, 5.74) is 8.54. The fraction of sp³-hybridized carbons (Fsp3) is 0.214. The Hall–Kier alpha value is -2.01. The van der Waals surface area contributed by atoms with Gasteiger partial charge in [0.15, 0.2) is 0 Å². The fourth-order valence-corrected chi connectivity index (χ4v) is 1.81. The van der Waals surface area contributed by atoms with Crippen molar-refractivity contribution < 1.29 is 0 Å². The Kier molecular flexibility index (Phi) is 4.06. The lowest BCUT2D eigenvalue weighted by Crippen LogP contribution is -2.15. The summed E-state index contributed by atoms with van der Waals surface area (Å²) < 4.78 is 0. The highest BCUT2D eigenvalue weighted by atomic mass is 32.1. The van der Waals surface area contributed by atoms with Gasteiger partial charge in [0.25, 0.3) is 0 Å². The quantitative estimate of drug-likeness (QED) is 0.838. The van der Waals surface area contributed by atoms with Gasteiger partial charge in [0.2, 0.25) is 5.95 Å². The van der Waals surface area contributed by atoms with E-state index in [4.69, 9.17) is 18.0 Å². The number of nitrogens with zero attached hydrogens (tertiary/aromatic N) is 2. The first-order valence-corrected chi connectivity index (χ1v) is 6.43. The normalized spacial score (nSPS) is 11.9. The first-order chi connectivity index (χ1) is 9.06. The van der Waals surface area contributed by atoms with Gasteiger partial charge in [-0.3, -0.25) is 0 Å². The molecule has 0 saturated heterocycles. The third-order valence-corrected chi connectivity index (χ3v) is 3.04. The number of hydrogen-bond acceptors (Lipinski definition) is 4. The van der Waals surface area contributed by atoms with Gasteiger partial charge in [-0.25, -0.2) is 9.97 Å². The van der Waals surface area contributed by atoms with Crippen LogP contribution in [0.15, 0.2) is 36.5 Å². The number of hydrogen-bond donors (Lipinski definition) is 2. The molecule has 98 valence electrons. The van der Waals surface area contributed by atoms with Crippen molar-refractivity contribution in [3.05, 3.63) is 53.3 Å². The maximum Gasteiger partial charge on any atom is 0.223 e. The maximum atomic E-state index is 5.55. The second-order valence-electron chi connectivity index (χ2n) is 4.41. The van der Waals surface area contributed by atoms with E-state index in [1.807, 2.05) is 0 Å². The molecule has 0 aliphatic rings. The Bertz CT molecular complexity index is 580. The fourth-order valence-electron chi connectivity index (χ4n) is 1.70. The van der Waals surface area contributed by atoms with Crippen LogP contribution in [0, 0.1) is 6.92 Å². The van der Waals surface area contributed by atoms with E-state index in [1.54, 1.807) is 12.3 Å². The molecule has 1 aromatic heterocycles. The Morgan fingerprint density at radius 2 is 1.95 bits per heavy atom. The van der Waals surface area contributed by atoms with Crippen LogP contribution in [0.1, 0.15) is 29.8 Å². The molecule has 3 N–H and O–H groups in total. The van der Waals surface area contributed by atoms with Gasteiger partial charge in [-0.15, -0.1) is 0 Å². The maximum absolute atomic E-state index is 5.55. The summed E-state index contributed by atoms with van der Waals surface area (Å²) in [6.07, 6.45) is 1.64. The average molecular weight is 272 g/mol. The first-order valence-electron chi connectivity index (χ1n) is 6.02. The standard InChI is InChI=1S/C14H16N4S/c1-9-3-5-11(6-4-9)10(2)17-14-16-8-7-12(18-14)13(15)19/h3-8,10H,1-2H3,(H2,15,19)(H,16,17,18). The van der Waals surface area contributed by atoms with Gasteiger partial charge in [0.05, 0.1) is 6.04 Å². The minimum absolute atomic E-state index is 0.113. The van der Waals surface area contributed by atoms with Gasteiger partial charge in [-0.1, -0.05) is 42.0 Å². The van der Waals surface area contributed by atoms with Crippen LogP contribution in [0.25, 0.3) is 0 Å². The van der Waals surface area contributed by atoms with Crippen molar-refractivity contribution in [1.29, 1.82) is 0 Å². The summed E-state index contributed by atoms with van der Waals surface area (Å²) in [5, 5.41) is 3.24. The van der Waals surface area contributed by atoms with Gasteiger partial charge in [0, 0.05) is 6.20 Å². The summed E-state index contributed by atoms with van der Waals surface area (Å²) in [6, 6.07) is 10.2. The molecule has 0 saturated carbocycles. The topological polar surface area (TPSA) is 63.8 Å². The van der Waals surface area contributed by atoms with E-state index in [1.165, 1.54) is 11.1 Å². The van der Waals surface area contributed by atoms with E-state index >= 15 is 0 Å². The molecule has 2 aromatic rings. The third-order valence-electron chi connectivity index (χ3n) is 2.83. The molecule has 0 aliphatic carbocycles. The molecule has 4 nitrogen and oxygen atoms in total. The van der Waals surface area contributed by atoms with Crippen LogP contribution in [0.4, 0.5) is 5.95 Å². The van der Waals surface area contributed by atoms with E-state index in [2.05, 4.69) is 53.4 Å². The monoisotopic (exact) mass is 272 g/mol. The summed E-state index contributed by atoms with van der Waals surface area (Å²) >= 11 is 4.90. The van der Waals surface area contributed by atoms with Crippen LogP contribution in [-0.2, 0) is 0 Å². The predicted octanol–water partition coefficient (Wildman–Crippen LogP) is 2.59. The van der Waals surface area contributed by atoms with Crippen molar-refractivity contribution in [2.75, 3.05) is 5.32 Å². The number of benzene rings is 1. The zero-order valence-electron chi connectivity index (χ0n) is 10.9. The number of aromatic nitrogens is 2. The molecule has 0 bridgehead atoms. The minimum Gasteiger partial charge on any atom is -0.388 e. The largest absolute Gasteiger partial charge is 0.388 e. The molecule has 0 spiro atoms. The first kappa shape index (κ1) is 13.4. The van der Waals surface area contributed by atoms with Crippen molar-refractivity contribution in [3.8, 4) is 0 Å². The molecule has 0 amide bonds. The number of aryl methyl sites for hydroxylation is 1. The van der Waals surface area contributed by atoms with E-state index in [-0.39, 0.29) is 11.0 Å². The highest BCUT2D eigenvalue weighted by Gasteiger charge is 2.07. The van der Waals surface area contributed by atoms with Crippen LogP contribution in [-0.4, -0.2) is 15.0 Å². The van der Waals surface area contributed by atoms with Crippen LogP contribution in [0.3, 0.4) is 0 Å². The second kappa shape index (κ2) is 5.75. The zero-order chi connectivity index (χ0) is 13.8. The molecule has 1 unspecified atom stereocenters. The Balaban J connectivity index is 2.14. The van der Waals surface area contributed by atoms with Gasteiger partial charge in [-0.05, 0) is 25.5 Å². The molecule has 1 aromatic carbocycles. The van der Waals surface area contributed by atoms with Gasteiger partial charge < -0.3 is 11.1 Å². The number of anilines is 1. The summed E-state index contributed by atoms with van der Waals surface area (Å²) in [7, 11) is 0. The number of nitrogens with two attached hydrogens (primary N) is 1. The van der Waals surface area contributed by atoms with Crippen LogP contribution >= 0.6 is 12.2 Å². The third kappa shape index (κ3) is 3.48. The van der Waals surface area contributed by atoms with Crippen molar-refractivity contribution in [1.82, 2.24) is 9.97 Å². The Labute approximate surface area is 118 Å². The molecule has 0 radical (unpaired) electrons. The number of rotatable bonds is 4. The van der Waals surface area contributed by atoms with Crippen molar-refractivity contribution in [2.45, 2.75) is 19.9 Å². The van der Waals surface area contributed by atoms with Crippen molar-refractivity contribution in [3.63, 3.8) is 0 Å². The molecule has 0 aliphatic heterocycles. The molecular weight excluding hydrogens is 256 g/mol. The molecule has 19 heavy (non-hydrogen) atoms. The molecule has 5 heteroatoms. The van der Waals surface area contributed by atoms with Gasteiger partial charge in [0.1, 0.15) is 10.7 Å². The van der Waals surface area contributed by atoms with E-state index < -0.39 is 0 Å². The lowest BCUT2D eigenvalue weighted by Gasteiger charge is -2.14. The minimum atomic E-state index is 0.113. The van der Waals surface area contributed by atoms with Gasteiger partial charge >= 0.3 is 0 Å². The van der Waals surface area contributed by atoms with Gasteiger partial charge in [-0.2, -0.15) is 0 Å². The molecule has 1 heterocycles. The van der Waals surface area contributed by atoms with E-state index in [0.717, 1.165) is 0 Å². The smallest absolute Gasteiger partial charge is 0.223 e. The van der Waals surface area contributed by atoms with Crippen LogP contribution in [0.5, 0.6) is 0 Å². The molecule has 0 fully saturated rings. The molecule has 1 atom stereocenters. The summed E-state index contributed by atoms with van der Waals surface area (Å²) in [5.74, 6) is 0.526. The van der Waals surface area contributed by atoms with E-state index in [9.17, 15) is 0 Å². The zero-order valence-corrected chi connectivity index (χ0v) is 11.7. The lowest BCUT2D eigenvalue weighted by atomic mass is 10.1. The highest BCUT2D eigenvalue weighted by molar-refractivity contribution is 7.80. The van der Waals surface area contributed by atoms with Crippen LogP contribution in [0.2, 0.25) is 0 Å². The average Bonchev–Trinajstić information content (AvgIpc) is 2.39. The highest BCUT2D eigenvalue weighted by Crippen LogP contribution is 2.17. The molecular formula is C14H16N4S. The number of nitrogens with one attached hydrogen (secondary N) is 1. The summed E-state index contributed by atoms with van der Waals surface area (Å²) in [6.45, 7) is 4.12. The number of thiocarbonyl (C=S) groups is 1. The van der Waals surface area contributed by atoms with Crippen molar-refractivity contribution in [2.24, 2.45) is 5.73 Å². The second-order valence-corrected chi connectivity index (χ2v) is 4.85. The van der Waals surface area contributed by atoms with Crippen molar-refractivity contribution >= 4 is 23.2 Å². The Morgan fingerprint density at radius 3 is 2.58 bits per heavy atom. The SMILES string of the molecule is Cc1ccc(C(C)Nc2nccc(C(N)=S)n2)cc1. The lowest BCUT2D eigenvalue weighted by molar-refractivity contribution is 0.859. The predicted molar refractivity (Wildman–Crippen MR) is 81.1 cm³/mol.